The summed E-state index contributed by atoms with van der Waals surface area (Å²) in [5.41, 5.74) is 1.80. The van der Waals surface area contributed by atoms with E-state index < -0.39 is 0 Å². The predicted octanol–water partition coefficient (Wildman–Crippen LogP) is 1.63. The molecule has 1 saturated heterocycles. The van der Waals surface area contributed by atoms with Gasteiger partial charge in [0.2, 0.25) is 0 Å². The Morgan fingerprint density at radius 3 is 2.86 bits per heavy atom. The highest BCUT2D eigenvalue weighted by Crippen LogP contribution is 2.26. The monoisotopic (exact) mass is 458 g/mol. The van der Waals surface area contributed by atoms with Crippen molar-refractivity contribution < 1.29 is 4.74 Å². The number of piperazine rings is 1. The fraction of sp³-hybridized carbons (Fsp3) is 0.421. The molecule has 0 amide bonds. The van der Waals surface area contributed by atoms with Crippen LogP contribution in [0.1, 0.15) is 11.6 Å². The minimum Gasteiger partial charge on any atom is -0.494 e. The summed E-state index contributed by atoms with van der Waals surface area (Å²) in [4.78, 5) is 22.3. The van der Waals surface area contributed by atoms with Crippen molar-refractivity contribution in [3.63, 3.8) is 0 Å². The van der Waals surface area contributed by atoms with E-state index >= 15 is 0 Å². The second-order valence-corrected chi connectivity index (χ2v) is 8.16. The van der Waals surface area contributed by atoms with E-state index in [2.05, 4.69) is 52.4 Å². The van der Waals surface area contributed by atoms with E-state index in [4.69, 9.17) is 14.7 Å². The molecule has 0 bridgehead atoms. The molecule has 9 nitrogen and oxygen atoms in total. The molecule has 1 atom stereocenters. The number of methoxy groups -OCH3 is 1. The molecule has 1 unspecified atom stereocenters. The molecule has 0 saturated carbocycles. The first-order chi connectivity index (χ1) is 14.1. The number of H-pyrrole nitrogens is 1. The van der Waals surface area contributed by atoms with E-state index in [1.54, 1.807) is 7.11 Å². The number of rotatable bonds is 4. The number of hydrogen-bond donors (Lipinski definition) is 1. The first kappa shape index (κ1) is 18.6. The Bertz CT molecular complexity index is 1050. The molecular weight excluding hydrogens is 436 g/mol. The number of nitrogens with zero attached hydrogens (tertiary/aromatic N) is 7. The Kier molecular flexibility index (Phi) is 4.76. The van der Waals surface area contributed by atoms with Gasteiger partial charge in [-0.15, -0.1) is 0 Å². The molecule has 2 aliphatic rings. The number of fused-ring (bicyclic) bond motifs is 2. The molecule has 4 heterocycles. The van der Waals surface area contributed by atoms with E-state index in [-0.39, 0.29) is 6.29 Å². The summed E-state index contributed by atoms with van der Waals surface area (Å²) >= 11 is 3.64. The molecule has 2 aliphatic heterocycles. The van der Waals surface area contributed by atoms with Gasteiger partial charge in [-0.1, -0.05) is 6.07 Å². The van der Waals surface area contributed by atoms with Crippen LogP contribution in [0.4, 0.5) is 0 Å². The van der Waals surface area contributed by atoms with Gasteiger partial charge in [0.05, 0.1) is 31.6 Å². The molecule has 10 heteroatoms. The Hall–Kier alpha value is -2.43. The van der Waals surface area contributed by atoms with Gasteiger partial charge in [-0.3, -0.25) is 9.91 Å². The van der Waals surface area contributed by atoms with Crippen molar-refractivity contribution in [1.29, 1.82) is 0 Å². The van der Waals surface area contributed by atoms with Crippen molar-refractivity contribution in [2.24, 2.45) is 4.99 Å². The van der Waals surface area contributed by atoms with Gasteiger partial charge in [0, 0.05) is 26.2 Å². The van der Waals surface area contributed by atoms with Crippen LogP contribution in [0.25, 0.3) is 11.0 Å². The Labute approximate surface area is 177 Å². The lowest BCUT2D eigenvalue weighted by atomic mass is 10.3. The molecule has 3 aromatic rings. The number of halogens is 1. The largest absolute Gasteiger partial charge is 0.494 e. The number of benzene rings is 1. The van der Waals surface area contributed by atoms with Crippen molar-refractivity contribution >= 4 is 33.2 Å². The van der Waals surface area contributed by atoms with Crippen molar-refractivity contribution in [1.82, 2.24) is 29.4 Å². The van der Waals surface area contributed by atoms with Crippen LogP contribution in [0.15, 0.2) is 34.0 Å². The molecule has 0 aliphatic carbocycles. The normalized spacial score (nSPS) is 20.4. The maximum absolute atomic E-state index is 5.46. The summed E-state index contributed by atoms with van der Waals surface area (Å²) in [5.74, 6) is 2.42. The first-order valence-electron chi connectivity index (χ1n) is 9.61. The van der Waals surface area contributed by atoms with E-state index in [0.29, 0.717) is 6.54 Å². The maximum Gasteiger partial charge on any atom is 0.192 e. The Balaban J connectivity index is 1.50. The lowest BCUT2D eigenvalue weighted by Gasteiger charge is -2.43. The fourth-order valence-electron chi connectivity index (χ4n) is 3.93. The SMILES string of the molecule is COc1cccc2[nH]c(CN3C(N4CCN(C)CC4)N=Cc4ncc(Br)n43)nc12. The van der Waals surface area contributed by atoms with Crippen LogP contribution in [-0.2, 0) is 6.54 Å². The number of aliphatic imine (C=N–C) groups is 1. The van der Waals surface area contributed by atoms with Gasteiger partial charge < -0.3 is 14.6 Å². The summed E-state index contributed by atoms with van der Waals surface area (Å²) in [7, 11) is 3.83. The van der Waals surface area contributed by atoms with Crippen molar-refractivity contribution in [2.45, 2.75) is 12.8 Å². The number of para-hydroxylation sites is 1. The van der Waals surface area contributed by atoms with Gasteiger partial charge in [-0.25, -0.2) is 19.6 Å². The fourth-order valence-corrected chi connectivity index (χ4v) is 4.42. The summed E-state index contributed by atoms with van der Waals surface area (Å²) in [6.07, 6.45) is 3.55. The zero-order valence-electron chi connectivity index (χ0n) is 16.4. The topological polar surface area (TPSA) is 77.8 Å². The van der Waals surface area contributed by atoms with Crippen LogP contribution in [0.5, 0.6) is 5.75 Å². The van der Waals surface area contributed by atoms with Crippen molar-refractivity contribution in [3.05, 3.63) is 40.6 Å². The van der Waals surface area contributed by atoms with E-state index in [0.717, 1.165) is 59.2 Å². The molecule has 29 heavy (non-hydrogen) atoms. The molecule has 0 radical (unpaired) electrons. The number of aromatic amines is 1. The molecule has 1 N–H and O–H groups in total. The third-order valence-electron chi connectivity index (χ3n) is 5.49. The summed E-state index contributed by atoms with van der Waals surface area (Å²) in [6.45, 7) is 4.54. The Morgan fingerprint density at radius 1 is 1.24 bits per heavy atom. The first-order valence-corrected chi connectivity index (χ1v) is 10.4. The molecule has 152 valence electrons. The second kappa shape index (κ2) is 7.43. The van der Waals surface area contributed by atoms with Crippen LogP contribution >= 0.6 is 15.9 Å². The Morgan fingerprint density at radius 2 is 2.07 bits per heavy atom. The van der Waals surface area contributed by atoms with Crippen molar-refractivity contribution in [3.8, 4) is 5.75 Å². The van der Waals surface area contributed by atoms with Gasteiger partial charge >= 0.3 is 0 Å². The van der Waals surface area contributed by atoms with Gasteiger partial charge in [-0.2, -0.15) is 0 Å². The van der Waals surface area contributed by atoms with Gasteiger partial charge in [0.15, 0.2) is 12.1 Å². The molecule has 0 spiro atoms. The number of imidazole rings is 2. The second-order valence-electron chi connectivity index (χ2n) is 7.35. The third-order valence-corrected chi connectivity index (χ3v) is 6.03. The van der Waals surface area contributed by atoms with Crippen LogP contribution in [0.3, 0.4) is 0 Å². The average molecular weight is 459 g/mol. The maximum atomic E-state index is 5.46. The standard InChI is InChI=1S/C19H23BrN8O/c1-25-6-8-26(9-7-25)19-22-11-17-21-10-15(20)28(17)27(19)12-16-23-13-4-3-5-14(29-2)18(13)24-16/h3-5,10-11,19H,6-9,12H2,1-2H3,(H,23,24). The van der Waals surface area contributed by atoms with Gasteiger partial charge in [0.25, 0.3) is 0 Å². The molecule has 1 fully saturated rings. The van der Waals surface area contributed by atoms with Gasteiger partial charge in [-0.05, 0) is 35.1 Å². The lowest BCUT2D eigenvalue weighted by Crippen LogP contribution is -2.59. The number of ether oxygens (including phenoxy) is 1. The predicted molar refractivity (Wildman–Crippen MR) is 115 cm³/mol. The number of aromatic nitrogens is 4. The smallest absolute Gasteiger partial charge is 0.192 e. The number of likely N-dealkylation sites (N-methyl/N-ethyl adjacent to an activating group) is 1. The molecular formula is C19H23BrN8O. The molecule has 2 aromatic heterocycles. The lowest BCUT2D eigenvalue weighted by molar-refractivity contribution is 0.0973. The van der Waals surface area contributed by atoms with Crippen LogP contribution < -0.4 is 9.75 Å². The number of hydrogen-bond acceptors (Lipinski definition) is 7. The number of nitrogens with one attached hydrogen (secondary N) is 1. The minimum absolute atomic E-state index is 0.114. The average Bonchev–Trinajstić information content (AvgIpc) is 3.32. The highest BCUT2D eigenvalue weighted by Gasteiger charge is 2.32. The van der Waals surface area contributed by atoms with Gasteiger partial charge in [0.1, 0.15) is 21.7 Å². The van der Waals surface area contributed by atoms with Crippen molar-refractivity contribution in [2.75, 3.05) is 45.3 Å². The van der Waals surface area contributed by atoms with E-state index in [1.165, 1.54) is 0 Å². The highest BCUT2D eigenvalue weighted by atomic mass is 79.9. The van der Waals surface area contributed by atoms with Crippen LogP contribution in [-0.4, -0.2) is 82.3 Å². The summed E-state index contributed by atoms with van der Waals surface area (Å²) < 4.78 is 8.43. The third kappa shape index (κ3) is 3.30. The molecule has 5 rings (SSSR count). The van der Waals surface area contributed by atoms with Crippen LogP contribution in [0, 0.1) is 0 Å². The molecule has 1 aromatic carbocycles. The minimum atomic E-state index is -0.114. The van der Waals surface area contributed by atoms with Crippen LogP contribution in [0.2, 0.25) is 0 Å². The summed E-state index contributed by atoms with van der Waals surface area (Å²) in [6, 6.07) is 5.90. The highest BCUT2D eigenvalue weighted by molar-refractivity contribution is 9.10. The summed E-state index contributed by atoms with van der Waals surface area (Å²) in [5, 5.41) is 2.20. The quantitative estimate of drug-likeness (QED) is 0.640. The zero-order valence-corrected chi connectivity index (χ0v) is 18.0. The van der Waals surface area contributed by atoms with E-state index in [9.17, 15) is 0 Å². The van der Waals surface area contributed by atoms with E-state index in [1.807, 2.05) is 30.6 Å². The zero-order chi connectivity index (χ0) is 20.0.